The first-order valence-corrected chi connectivity index (χ1v) is 15.4. The molecule has 3 aromatic rings. The Morgan fingerprint density at radius 2 is 1.77 bits per heavy atom. The number of nitrogens with one attached hydrogen (secondary N) is 2. The molecule has 2 N–H and O–H groups in total. The first kappa shape index (κ1) is 29.8. The number of sulfonamides is 1. The van der Waals surface area contributed by atoms with Crippen molar-refractivity contribution in [2.45, 2.75) is 46.1 Å². The summed E-state index contributed by atoms with van der Waals surface area (Å²) in [5.41, 5.74) is 3.52. The summed E-state index contributed by atoms with van der Waals surface area (Å²) in [6.45, 7) is 12.8. The minimum absolute atomic E-state index is 0.253. The summed E-state index contributed by atoms with van der Waals surface area (Å²) in [4.78, 5) is 2.16. The highest BCUT2D eigenvalue weighted by atomic mass is 32.2. The second-order valence-electron chi connectivity index (χ2n) is 11.1. The summed E-state index contributed by atoms with van der Waals surface area (Å²) in [5.74, 6) is 0. The fraction of sp³-hybridized carbons (Fsp3) is 0.452. The standard InChI is InChI=1S/C31H41N5O3S/c1-6-13-31(3,4)34-40(37,38)30(22-32)23(2)28-11-12-29(35(28)5)26-8-7-25-21-27(10-9-24(25)20-26)33-14-15-36-16-18-39-19-17-36/h7-12,20-21,33-34H,6,13-19H2,1-5H3. The lowest BCUT2D eigenvalue weighted by molar-refractivity contribution is 0.0398. The zero-order valence-electron chi connectivity index (χ0n) is 24.3. The zero-order valence-corrected chi connectivity index (χ0v) is 25.1. The Morgan fingerprint density at radius 1 is 1.07 bits per heavy atom. The molecule has 1 fully saturated rings. The van der Waals surface area contributed by atoms with Crippen LogP contribution in [0.3, 0.4) is 0 Å². The van der Waals surface area contributed by atoms with Gasteiger partial charge < -0.3 is 14.6 Å². The molecule has 214 valence electrons. The second kappa shape index (κ2) is 12.6. The largest absolute Gasteiger partial charge is 0.384 e. The van der Waals surface area contributed by atoms with Crippen LogP contribution in [0.5, 0.6) is 0 Å². The number of ether oxygens (including phenoxy) is 1. The number of benzene rings is 2. The normalized spacial score (nSPS) is 15.6. The number of rotatable bonds is 11. The Labute approximate surface area is 238 Å². The molecule has 2 aromatic carbocycles. The Kier molecular flexibility index (Phi) is 9.37. The van der Waals surface area contributed by atoms with Gasteiger partial charge in [0.1, 0.15) is 6.07 Å². The molecular weight excluding hydrogens is 522 g/mol. The number of hydrogen-bond donors (Lipinski definition) is 2. The lowest BCUT2D eigenvalue weighted by atomic mass is 10.0. The zero-order chi connectivity index (χ0) is 28.9. The van der Waals surface area contributed by atoms with Crippen molar-refractivity contribution in [3.05, 3.63) is 59.1 Å². The number of nitriles is 1. The van der Waals surface area contributed by atoms with Gasteiger partial charge >= 0.3 is 0 Å². The van der Waals surface area contributed by atoms with E-state index < -0.39 is 15.6 Å². The predicted octanol–water partition coefficient (Wildman–Crippen LogP) is 5.34. The van der Waals surface area contributed by atoms with Crippen LogP contribution < -0.4 is 10.0 Å². The highest BCUT2D eigenvalue weighted by Crippen LogP contribution is 2.31. The molecular formula is C31H41N5O3S. The van der Waals surface area contributed by atoms with Gasteiger partial charge in [-0.05, 0) is 73.9 Å². The highest BCUT2D eigenvalue weighted by Gasteiger charge is 2.29. The summed E-state index contributed by atoms with van der Waals surface area (Å²) in [5, 5.41) is 15.6. The van der Waals surface area contributed by atoms with Gasteiger partial charge in [-0.15, -0.1) is 0 Å². The first-order valence-electron chi connectivity index (χ1n) is 13.9. The van der Waals surface area contributed by atoms with Gasteiger partial charge in [-0.3, -0.25) is 4.90 Å². The maximum Gasteiger partial charge on any atom is 0.251 e. The summed E-state index contributed by atoms with van der Waals surface area (Å²) in [7, 11) is -2.08. The quantitative estimate of drug-likeness (QED) is 0.306. The first-order chi connectivity index (χ1) is 19.0. The minimum Gasteiger partial charge on any atom is -0.384 e. The van der Waals surface area contributed by atoms with Crippen molar-refractivity contribution in [3.63, 3.8) is 0 Å². The van der Waals surface area contributed by atoms with Gasteiger partial charge in [-0.2, -0.15) is 5.26 Å². The molecule has 0 saturated carbocycles. The van der Waals surface area contributed by atoms with E-state index in [0.717, 1.165) is 73.5 Å². The van der Waals surface area contributed by atoms with Crippen molar-refractivity contribution < 1.29 is 13.2 Å². The molecule has 1 aliphatic heterocycles. The summed E-state index contributed by atoms with van der Waals surface area (Å²) < 4.78 is 36.4. The van der Waals surface area contributed by atoms with E-state index in [0.29, 0.717) is 17.7 Å². The summed E-state index contributed by atoms with van der Waals surface area (Å²) in [6.07, 6.45) is 1.51. The molecule has 0 bridgehead atoms. The maximum absolute atomic E-state index is 13.2. The Balaban J connectivity index is 1.54. The maximum atomic E-state index is 13.2. The molecule has 0 spiro atoms. The van der Waals surface area contributed by atoms with Crippen LogP contribution >= 0.6 is 0 Å². The molecule has 0 aliphatic carbocycles. The molecule has 1 aromatic heterocycles. The van der Waals surface area contributed by atoms with Crippen molar-refractivity contribution in [1.29, 1.82) is 5.26 Å². The van der Waals surface area contributed by atoms with E-state index in [1.54, 1.807) is 6.92 Å². The van der Waals surface area contributed by atoms with Crippen LogP contribution in [0.15, 0.2) is 53.4 Å². The molecule has 0 unspecified atom stereocenters. The van der Waals surface area contributed by atoms with Crippen molar-refractivity contribution in [2.24, 2.45) is 7.05 Å². The van der Waals surface area contributed by atoms with Crippen LogP contribution in [0.4, 0.5) is 5.69 Å². The van der Waals surface area contributed by atoms with Crippen LogP contribution in [0, 0.1) is 11.3 Å². The SMILES string of the molecule is CCCC(C)(C)NS(=O)(=O)C(C#N)=C(C)c1ccc(-c2ccc3cc(NCCN4CCOCC4)ccc3c2)n1C. The van der Waals surface area contributed by atoms with Crippen LogP contribution in [-0.4, -0.2) is 62.8 Å². The summed E-state index contributed by atoms with van der Waals surface area (Å²) >= 11 is 0. The lowest BCUT2D eigenvalue weighted by Crippen LogP contribution is -2.43. The molecule has 0 atom stereocenters. The van der Waals surface area contributed by atoms with Gasteiger partial charge in [0.2, 0.25) is 0 Å². The van der Waals surface area contributed by atoms with Gasteiger partial charge in [0.05, 0.1) is 13.2 Å². The van der Waals surface area contributed by atoms with Crippen LogP contribution in [0.2, 0.25) is 0 Å². The molecule has 8 nitrogen and oxygen atoms in total. The average Bonchev–Trinajstić information content (AvgIpc) is 3.29. The van der Waals surface area contributed by atoms with E-state index in [9.17, 15) is 13.7 Å². The topological polar surface area (TPSA) is 99.4 Å². The fourth-order valence-corrected chi connectivity index (χ4v) is 6.99. The number of nitrogens with zero attached hydrogens (tertiary/aromatic N) is 3. The number of fused-ring (bicyclic) bond motifs is 1. The molecule has 1 saturated heterocycles. The predicted molar refractivity (Wildman–Crippen MR) is 163 cm³/mol. The lowest BCUT2D eigenvalue weighted by Gasteiger charge is -2.26. The number of hydrogen-bond acceptors (Lipinski definition) is 6. The van der Waals surface area contributed by atoms with Crippen LogP contribution in [-0.2, 0) is 21.8 Å². The fourth-order valence-electron chi connectivity index (χ4n) is 5.43. The number of aromatic nitrogens is 1. The smallest absolute Gasteiger partial charge is 0.251 e. The van der Waals surface area contributed by atoms with E-state index in [2.05, 4.69) is 51.3 Å². The van der Waals surface area contributed by atoms with Crippen molar-refractivity contribution in [3.8, 4) is 17.3 Å². The van der Waals surface area contributed by atoms with Gasteiger partial charge in [0.15, 0.2) is 4.91 Å². The van der Waals surface area contributed by atoms with Crippen molar-refractivity contribution >= 4 is 32.1 Å². The van der Waals surface area contributed by atoms with Crippen molar-refractivity contribution in [1.82, 2.24) is 14.2 Å². The van der Waals surface area contributed by atoms with E-state index in [-0.39, 0.29) is 4.91 Å². The van der Waals surface area contributed by atoms with Crippen LogP contribution in [0.1, 0.15) is 46.2 Å². The third-order valence-electron chi connectivity index (χ3n) is 7.50. The van der Waals surface area contributed by atoms with Gasteiger partial charge in [0, 0.05) is 61.4 Å². The molecule has 40 heavy (non-hydrogen) atoms. The van der Waals surface area contributed by atoms with E-state index in [4.69, 9.17) is 4.74 Å². The van der Waals surface area contributed by atoms with Crippen molar-refractivity contribution in [2.75, 3.05) is 44.7 Å². The van der Waals surface area contributed by atoms with E-state index in [1.165, 1.54) is 0 Å². The van der Waals surface area contributed by atoms with Gasteiger partial charge in [-0.25, -0.2) is 13.1 Å². The number of allylic oxidation sites excluding steroid dienone is 2. The highest BCUT2D eigenvalue weighted by molar-refractivity contribution is 7.94. The second-order valence-corrected chi connectivity index (χ2v) is 12.7. The third kappa shape index (κ3) is 6.94. The molecule has 0 amide bonds. The van der Waals surface area contributed by atoms with Gasteiger partial charge in [0.25, 0.3) is 10.0 Å². The molecule has 2 heterocycles. The Hall–Kier alpha value is -3.16. The minimum atomic E-state index is -3.98. The summed E-state index contributed by atoms with van der Waals surface area (Å²) in [6, 6.07) is 18.5. The van der Waals surface area contributed by atoms with Crippen LogP contribution in [0.25, 0.3) is 27.6 Å². The number of anilines is 1. The molecule has 4 rings (SSSR count). The Bertz CT molecular complexity index is 1530. The third-order valence-corrected chi connectivity index (χ3v) is 9.26. The Morgan fingerprint density at radius 3 is 2.48 bits per heavy atom. The van der Waals surface area contributed by atoms with Gasteiger partial charge in [-0.1, -0.05) is 31.5 Å². The molecule has 9 heteroatoms. The van der Waals surface area contributed by atoms with E-state index >= 15 is 0 Å². The number of morpholine rings is 1. The average molecular weight is 564 g/mol. The monoisotopic (exact) mass is 563 g/mol. The molecule has 1 aliphatic rings. The molecule has 0 radical (unpaired) electrons. The van der Waals surface area contributed by atoms with E-state index in [1.807, 2.05) is 50.6 Å².